The fraction of sp³-hybridized carbons (Fsp3) is 0.269. The molecular formula is C26H26ClN3O5S. The topological polar surface area (TPSA) is 117 Å². The van der Waals surface area contributed by atoms with Crippen LogP contribution in [0.4, 0.5) is 16.2 Å². The number of ether oxygens (including phenoxy) is 1. The summed E-state index contributed by atoms with van der Waals surface area (Å²) in [5.41, 5.74) is 0.333. The van der Waals surface area contributed by atoms with Crippen molar-refractivity contribution in [2.45, 2.75) is 47.9 Å². The van der Waals surface area contributed by atoms with E-state index in [4.69, 9.17) is 16.3 Å². The van der Waals surface area contributed by atoms with Gasteiger partial charge in [-0.1, -0.05) is 41.9 Å². The van der Waals surface area contributed by atoms with E-state index in [0.717, 1.165) is 12.8 Å². The number of carbonyl (C=O) groups excluding carboxylic acids is 1. The van der Waals surface area contributed by atoms with E-state index >= 15 is 0 Å². The molecule has 3 atom stereocenters. The third-order valence-electron chi connectivity index (χ3n) is 6.59. The number of para-hydroxylation sites is 3. The lowest BCUT2D eigenvalue weighted by Gasteiger charge is -2.29. The van der Waals surface area contributed by atoms with Crippen molar-refractivity contribution in [2.24, 2.45) is 0 Å². The molecule has 2 heterocycles. The normalized spacial score (nSPS) is 21.1. The number of piperidine rings is 1. The summed E-state index contributed by atoms with van der Waals surface area (Å²) in [6.07, 6.45) is 2.80. The number of hydrogen-bond donors (Lipinski definition) is 4. The number of phenolic OH excluding ortho intramolecular Hbond substituents is 1. The number of anilines is 2. The fourth-order valence-electron chi connectivity index (χ4n) is 4.89. The third kappa shape index (κ3) is 5.00. The van der Waals surface area contributed by atoms with Crippen LogP contribution in [0.5, 0.6) is 17.2 Å². The maximum atomic E-state index is 13.5. The van der Waals surface area contributed by atoms with E-state index in [1.54, 1.807) is 36.4 Å². The Kier molecular flexibility index (Phi) is 6.79. The lowest BCUT2D eigenvalue weighted by molar-refractivity contribution is 0.262. The molecule has 5 rings (SSSR count). The molecule has 2 bridgehead atoms. The molecule has 0 aromatic heterocycles. The minimum atomic E-state index is -3.92. The molecule has 0 spiro atoms. The molecule has 0 aliphatic carbocycles. The molecule has 2 fully saturated rings. The number of aromatic hydroxyl groups is 1. The van der Waals surface area contributed by atoms with Gasteiger partial charge in [0.2, 0.25) is 0 Å². The highest BCUT2D eigenvalue weighted by Gasteiger charge is 2.42. The van der Waals surface area contributed by atoms with Crippen molar-refractivity contribution in [1.82, 2.24) is 5.32 Å². The minimum absolute atomic E-state index is 0.0613. The van der Waals surface area contributed by atoms with Crippen molar-refractivity contribution in [2.75, 3.05) is 10.6 Å². The molecule has 36 heavy (non-hydrogen) atoms. The van der Waals surface area contributed by atoms with E-state index in [-0.39, 0.29) is 27.7 Å². The van der Waals surface area contributed by atoms with Crippen LogP contribution in [0.3, 0.4) is 0 Å². The first-order chi connectivity index (χ1) is 17.3. The Balaban J connectivity index is 1.35. The van der Waals surface area contributed by atoms with Gasteiger partial charge in [0.05, 0.1) is 21.6 Å². The van der Waals surface area contributed by atoms with Crippen LogP contribution in [0.1, 0.15) is 25.7 Å². The lowest BCUT2D eigenvalue weighted by atomic mass is 10.1. The monoisotopic (exact) mass is 527 g/mol. The maximum absolute atomic E-state index is 13.5. The SMILES string of the molecule is O=C(Nc1ccccc1Oc1ccccc1)Nc1ccc(Cl)c(S(=O)(=O)C2C[C@H]3CC[C@@H](C2)N3)c1O. The Morgan fingerprint density at radius 3 is 2.28 bits per heavy atom. The van der Waals surface area contributed by atoms with Gasteiger partial charge in [0.1, 0.15) is 10.6 Å². The molecule has 1 unspecified atom stereocenters. The first kappa shape index (κ1) is 24.4. The zero-order valence-electron chi connectivity index (χ0n) is 19.3. The third-order valence-corrected chi connectivity index (χ3v) is 9.26. The summed E-state index contributed by atoms with van der Waals surface area (Å²) in [6.45, 7) is 0. The highest BCUT2D eigenvalue weighted by atomic mass is 35.5. The molecule has 0 saturated carbocycles. The van der Waals surface area contributed by atoms with Crippen molar-refractivity contribution in [3.63, 3.8) is 0 Å². The molecule has 2 aliphatic heterocycles. The average molecular weight is 528 g/mol. The summed E-state index contributed by atoms with van der Waals surface area (Å²) < 4.78 is 32.8. The second-order valence-corrected chi connectivity index (χ2v) is 11.6. The summed E-state index contributed by atoms with van der Waals surface area (Å²) in [5.74, 6) is 0.448. The highest BCUT2D eigenvalue weighted by molar-refractivity contribution is 7.92. The van der Waals surface area contributed by atoms with Gasteiger partial charge >= 0.3 is 6.03 Å². The number of rotatable bonds is 6. The van der Waals surface area contributed by atoms with Crippen LogP contribution in [-0.2, 0) is 9.84 Å². The summed E-state index contributed by atoms with van der Waals surface area (Å²) >= 11 is 6.26. The van der Waals surface area contributed by atoms with Crippen molar-refractivity contribution < 1.29 is 23.1 Å². The first-order valence-electron chi connectivity index (χ1n) is 11.7. The molecule has 3 aromatic carbocycles. The Hall–Kier alpha value is -3.27. The van der Waals surface area contributed by atoms with Crippen LogP contribution in [0.2, 0.25) is 5.02 Å². The van der Waals surface area contributed by atoms with Crippen LogP contribution in [0, 0.1) is 0 Å². The van der Waals surface area contributed by atoms with Crippen LogP contribution in [0.25, 0.3) is 0 Å². The Bertz CT molecular complexity index is 1370. The Morgan fingerprint density at radius 1 is 0.917 bits per heavy atom. The molecule has 3 aromatic rings. The van der Waals surface area contributed by atoms with Crippen LogP contribution in [0.15, 0.2) is 71.6 Å². The summed E-state index contributed by atoms with van der Waals surface area (Å²) in [5, 5.41) is 18.8. The predicted octanol–water partition coefficient (Wildman–Crippen LogP) is 5.54. The highest BCUT2D eigenvalue weighted by Crippen LogP contribution is 2.42. The Morgan fingerprint density at radius 2 is 1.56 bits per heavy atom. The summed E-state index contributed by atoms with van der Waals surface area (Å²) in [6, 6.07) is 18.4. The predicted molar refractivity (Wildman–Crippen MR) is 139 cm³/mol. The van der Waals surface area contributed by atoms with Crippen molar-refractivity contribution >= 4 is 38.8 Å². The summed E-state index contributed by atoms with van der Waals surface area (Å²) in [7, 11) is -3.92. The van der Waals surface area contributed by atoms with E-state index in [9.17, 15) is 18.3 Å². The van der Waals surface area contributed by atoms with E-state index in [1.807, 2.05) is 18.2 Å². The van der Waals surface area contributed by atoms with Gasteiger partial charge in [-0.2, -0.15) is 0 Å². The molecule has 2 saturated heterocycles. The maximum Gasteiger partial charge on any atom is 0.323 e. The van der Waals surface area contributed by atoms with E-state index in [0.29, 0.717) is 30.0 Å². The number of nitrogens with one attached hydrogen (secondary N) is 3. The van der Waals surface area contributed by atoms with Crippen LogP contribution < -0.4 is 20.7 Å². The molecular weight excluding hydrogens is 502 g/mol. The molecule has 4 N–H and O–H groups in total. The summed E-state index contributed by atoms with van der Waals surface area (Å²) in [4.78, 5) is 12.5. The van der Waals surface area contributed by atoms with Crippen molar-refractivity contribution in [1.29, 1.82) is 0 Å². The van der Waals surface area contributed by atoms with Gasteiger partial charge < -0.3 is 25.8 Å². The average Bonchev–Trinajstić information content (AvgIpc) is 3.19. The number of phenols is 1. The van der Waals surface area contributed by atoms with Gasteiger partial charge in [-0.3, -0.25) is 0 Å². The van der Waals surface area contributed by atoms with Gasteiger partial charge in [-0.05, 0) is 62.1 Å². The first-order valence-corrected chi connectivity index (χ1v) is 13.6. The number of urea groups is 1. The van der Waals surface area contributed by atoms with Gasteiger partial charge in [0.25, 0.3) is 0 Å². The lowest BCUT2D eigenvalue weighted by Crippen LogP contribution is -2.43. The largest absolute Gasteiger partial charge is 0.504 e. The van der Waals surface area contributed by atoms with Crippen molar-refractivity contribution in [3.8, 4) is 17.2 Å². The van der Waals surface area contributed by atoms with Gasteiger partial charge in [0.15, 0.2) is 21.3 Å². The number of carbonyl (C=O) groups is 1. The minimum Gasteiger partial charge on any atom is -0.504 e. The molecule has 0 radical (unpaired) electrons. The van der Waals surface area contributed by atoms with Crippen LogP contribution >= 0.6 is 11.6 Å². The van der Waals surface area contributed by atoms with Gasteiger partial charge in [-0.15, -0.1) is 0 Å². The number of amides is 2. The number of benzene rings is 3. The second-order valence-electron chi connectivity index (χ2n) is 9.04. The number of sulfone groups is 1. The van der Waals surface area contributed by atoms with Gasteiger partial charge in [-0.25, -0.2) is 13.2 Å². The Labute approximate surface area is 214 Å². The van der Waals surface area contributed by atoms with E-state index in [2.05, 4.69) is 16.0 Å². The number of fused-ring (bicyclic) bond motifs is 2. The molecule has 2 aliphatic rings. The smallest absolute Gasteiger partial charge is 0.323 e. The standard InChI is InChI=1S/C26H26ClN3O5S/c27-20-12-13-22(24(31)25(20)36(33,34)19-14-16-10-11-17(15-19)28-16)30-26(32)29-21-8-4-5-9-23(21)35-18-6-2-1-3-7-18/h1-9,12-13,16-17,19,28,31H,10-11,14-15H2,(H2,29,30,32)/t16-,17+,19?. The molecule has 2 amide bonds. The van der Waals surface area contributed by atoms with Crippen LogP contribution in [-0.4, -0.2) is 36.9 Å². The van der Waals surface area contributed by atoms with Gasteiger partial charge in [0, 0.05) is 12.1 Å². The molecule has 8 nitrogen and oxygen atoms in total. The van der Waals surface area contributed by atoms with Crippen molar-refractivity contribution in [3.05, 3.63) is 71.8 Å². The van der Waals surface area contributed by atoms with E-state index < -0.39 is 26.9 Å². The van der Waals surface area contributed by atoms with E-state index in [1.165, 1.54) is 12.1 Å². The quantitative estimate of drug-likeness (QED) is 0.313. The fourth-order valence-corrected chi connectivity index (χ4v) is 7.39. The number of hydrogen-bond acceptors (Lipinski definition) is 6. The zero-order valence-corrected chi connectivity index (χ0v) is 20.9. The molecule has 188 valence electrons. The molecule has 10 heteroatoms. The second kappa shape index (κ2) is 10.0. The number of halogens is 1. The zero-order chi connectivity index (χ0) is 25.3.